The van der Waals surface area contributed by atoms with E-state index in [2.05, 4.69) is 0 Å². The molecule has 1 N–H and O–H groups in total. The summed E-state index contributed by atoms with van der Waals surface area (Å²) in [6.45, 7) is 1.52. The average molecular weight is 302 g/mol. The molecule has 1 aromatic heterocycles. The molecular formula is C20H14O3. The molecule has 3 nitrogen and oxygen atoms in total. The lowest BCUT2D eigenvalue weighted by Gasteiger charge is -2.08. The maximum Gasteiger partial charge on any atom is 0.164 e. The molecule has 3 aromatic carbocycles. The number of ketones is 1. The normalized spacial score (nSPS) is 11.2. The number of fused-ring (bicyclic) bond motifs is 2. The molecule has 0 spiro atoms. The van der Waals surface area contributed by atoms with Gasteiger partial charge in [-0.2, -0.15) is 0 Å². The summed E-state index contributed by atoms with van der Waals surface area (Å²) in [4.78, 5) is 12.2. The van der Waals surface area contributed by atoms with Crippen molar-refractivity contribution in [1.82, 2.24) is 0 Å². The van der Waals surface area contributed by atoms with Gasteiger partial charge in [-0.1, -0.05) is 48.5 Å². The number of carbonyl (C=O) groups excluding carboxylic acids is 1. The summed E-state index contributed by atoms with van der Waals surface area (Å²) in [5.74, 6) is 0.440. The second kappa shape index (κ2) is 4.99. The van der Waals surface area contributed by atoms with Crippen molar-refractivity contribution in [3.05, 3.63) is 66.2 Å². The number of phenolic OH excluding ortho intramolecular Hbond substituents is 1. The molecule has 0 unspecified atom stereocenters. The maximum atomic E-state index is 12.2. The second-order valence-corrected chi connectivity index (χ2v) is 5.54. The lowest BCUT2D eigenvalue weighted by atomic mass is 9.97. The molecule has 0 aliphatic rings. The molecule has 0 atom stereocenters. The lowest BCUT2D eigenvalue weighted by molar-refractivity contribution is 0.101. The first kappa shape index (κ1) is 13.6. The van der Waals surface area contributed by atoms with Gasteiger partial charge in [-0.25, -0.2) is 0 Å². The number of benzene rings is 3. The van der Waals surface area contributed by atoms with Crippen LogP contribution in [-0.4, -0.2) is 10.9 Å². The first-order valence-electron chi connectivity index (χ1n) is 7.40. The van der Waals surface area contributed by atoms with E-state index in [0.717, 1.165) is 16.2 Å². The number of phenols is 1. The molecule has 23 heavy (non-hydrogen) atoms. The lowest BCUT2D eigenvalue weighted by Crippen LogP contribution is -1.94. The Morgan fingerprint density at radius 3 is 2.39 bits per heavy atom. The van der Waals surface area contributed by atoms with Gasteiger partial charge in [-0.15, -0.1) is 0 Å². The molecule has 0 saturated heterocycles. The van der Waals surface area contributed by atoms with E-state index in [4.69, 9.17) is 4.42 Å². The van der Waals surface area contributed by atoms with E-state index < -0.39 is 0 Å². The summed E-state index contributed by atoms with van der Waals surface area (Å²) in [6.07, 6.45) is 0. The maximum absolute atomic E-state index is 12.2. The number of aromatic hydroxyl groups is 1. The fourth-order valence-electron chi connectivity index (χ4n) is 3.07. The van der Waals surface area contributed by atoms with E-state index in [-0.39, 0.29) is 11.5 Å². The van der Waals surface area contributed by atoms with Crippen LogP contribution >= 0.6 is 0 Å². The topological polar surface area (TPSA) is 50.4 Å². The number of hydrogen-bond acceptors (Lipinski definition) is 3. The summed E-state index contributed by atoms with van der Waals surface area (Å²) in [5, 5.41) is 13.0. The van der Waals surface area contributed by atoms with Gasteiger partial charge in [-0.3, -0.25) is 4.79 Å². The fourth-order valence-corrected chi connectivity index (χ4v) is 3.07. The Kier molecular flexibility index (Phi) is 2.95. The van der Waals surface area contributed by atoms with Crippen LogP contribution < -0.4 is 0 Å². The third-order valence-corrected chi connectivity index (χ3v) is 4.08. The highest BCUT2D eigenvalue weighted by Crippen LogP contribution is 2.42. The molecule has 4 aromatic rings. The zero-order valence-corrected chi connectivity index (χ0v) is 12.5. The van der Waals surface area contributed by atoms with Gasteiger partial charge in [0.1, 0.15) is 11.3 Å². The van der Waals surface area contributed by atoms with E-state index in [9.17, 15) is 9.90 Å². The van der Waals surface area contributed by atoms with Gasteiger partial charge in [0.25, 0.3) is 0 Å². The van der Waals surface area contributed by atoms with Crippen molar-refractivity contribution in [3.8, 4) is 17.1 Å². The molecule has 4 rings (SSSR count). The van der Waals surface area contributed by atoms with Crippen molar-refractivity contribution in [2.45, 2.75) is 6.92 Å². The molecule has 3 heteroatoms. The predicted octanol–water partition coefficient (Wildman–Crippen LogP) is 5.16. The third-order valence-electron chi connectivity index (χ3n) is 4.08. The Morgan fingerprint density at radius 1 is 0.913 bits per heavy atom. The molecule has 0 radical (unpaired) electrons. The van der Waals surface area contributed by atoms with Crippen LogP contribution in [0.25, 0.3) is 33.1 Å². The van der Waals surface area contributed by atoms with Crippen LogP contribution in [0.5, 0.6) is 5.75 Å². The van der Waals surface area contributed by atoms with Crippen molar-refractivity contribution in [2.75, 3.05) is 0 Å². The third kappa shape index (κ3) is 2.01. The monoisotopic (exact) mass is 302 g/mol. The average Bonchev–Trinajstić information content (AvgIpc) is 2.93. The first-order chi connectivity index (χ1) is 11.2. The van der Waals surface area contributed by atoms with E-state index in [1.54, 1.807) is 6.07 Å². The van der Waals surface area contributed by atoms with Gasteiger partial charge in [0.15, 0.2) is 11.5 Å². The van der Waals surface area contributed by atoms with Crippen LogP contribution in [0, 0.1) is 0 Å². The van der Waals surface area contributed by atoms with Gasteiger partial charge in [0.05, 0.1) is 11.1 Å². The molecular weight excluding hydrogens is 288 g/mol. The zero-order valence-electron chi connectivity index (χ0n) is 12.5. The molecule has 1 heterocycles. The Balaban J connectivity index is 2.17. The quantitative estimate of drug-likeness (QED) is 0.520. The first-order valence-corrected chi connectivity index (χ1v) is 7.40. The number of para-hydroxylation sites is 1. The molecule has 0 amide bonds. The number of Topliss-reactive ketones (excluding diaryl/α,β-unsaturated/α-hetero) is 1. The molecule has 0 bridgehead atoms. The summed E-state index contributed by atoms with van der Waals surface area (Å²) in [7, 11) is 0. The van der Waals surface area contributed by atoms with Gasteiger partial charge < -0.3 is 9.52 Å². The summed E-state index contributed by atoms with van der Waals surface area (Å²) < 4.78 is 5.95. The Morgan fingerprint density at radius 2 is 1.61 bits per heavy atom. The van der Waals surface area contributed by atoms with Crippen molar-refractivity contribution in [1.29, 1.82) is 0 Å². The fraction of sp³-hybridized carbons (Fsp3) is 0.0500. The predicted molar refractivity (Wildman–Crippen MR) is 90.8 cm³/mol. The van der Waals surface area contributed by atoms with E-state index in [1.165, 1.54) is 6.92 Å². The highest BCUT2D eigenvalue weighted by molar-refractivity contribution is 6.14. The van der Waals surface area contributed by atoms with Gasteiger partial charge >= 0.3 is 0 Å². The number of hydrogen-bond donors (Lipinski definition) is 1. The molecule has 0 aliphatic heterocycles. The Bertz CT molecular complexity index is 1060. The number of furan rings is 1. The minimum Gasteiger partial charge on any atom is -0.507 e. The standard InChI is InChI=1S/C20H14O3/c1-12(21)18-15-8-4-5-9-17(15)23-20(18)19-14-7-3-2-6-13(14)10-11-16(19)22/h2-11,22H,1H3. The number of rotatable bonds is 2. The Hall–Kier alpha value is -3.07. The minimum atomic E-state index is -0.0858. The van der Waals surface area contributed by atoms with Crippen LogP contribution in [0.3, 0.4) is 0 Å². The SMILES string of the molecule is CC(=O)c1c(-c2c(O)ccc3ccccc23)oc2ccccc12. The molecule has 0 fully saturated rings. The number of carbonyl (C=O) groups is 1. The van der Waals surface area contributed by atoms with E-state index in [0.29, 0.717) is 22.5 Å². The van der Waals surface area contributed by atoms with Crippen molar-refractivity contribution < 1.29 is 14.3 Å². The summed E-state index contributed by atoms with van der Waals surface area (Å²) in [5.41, 5.74) is 1.71. The van der Waals surface area contributed by atoms with Crippen LogP contribution in [0.15, 0.2) is 65.1 Å². The smallest absolute Gasteiger partial charge is 0.164 e. The van der Waals surface area contributed by atoms with E-state index in [1.807, 2.05) is 54.6 Å². The van der Waals surface area contributed by atoms with Crippen molar-refractivity contribution in [2.24, 2.45) is 0 Å². The van der Waals surface area contributed by atoms with Crippen molar-refractivity contribution in [3.63, 3.8) is 0 Å². The molecule has 0 saturated carbocycles. The van der Waals surface area contributed by atoms with Crippen LogP contribution in [0.4, 0.5) is 0 Å². The van der Waals surface area contributed by atoms with Gasteiger partial charge in [0.2, 0.25) is 0 Å². The van der Waals surface area contributed by atoms with E-state index >= 15 is 0 Å². The van der Waals surface area contributed by atoms with Crippen LogP contribution in [0.1, 0.15) is 17.3 Å². The largest absolute Gasteiger partial charge is 0.507 e. The van der Waals surface area contributed by atoms with Gasteiger partial charge in [-0.05, 0) is 29.8 Å². The second-order valence-electron chi connectivity index (χ2n) is 5.54. The highest BCUT2D eigenvalue weighted by Gasteiger charge is 2.22. The minimum absolute atomic E-state index is 0.0858. The molecule has 0 aliphatic carbocycles. The van der Waals surface area contributed by atoms with Crippen LogP contribution in [0.2, 0.25) is 0 Å². The molecule has 112 valence electrons. The zero-order chi connectivity index (χ0) is 16.0. The van der Waals surface area contributed by atoms with Crippen molar-refractivity contribution >= 4 is 27.5 Å². The highest BCUT2D eigenvalue weighted by atomic mass is 16.3. The van der Waals surface area contributed by atoms with Crippen LogP contribution in [-0.2, 0) is 0 Å². The van der Waals surface area contributed by atoms with Gasteiger partial charge in [0, 0.05) is 5.39 Å². The summed E-state index contributed by atoms with van der Waals surface area (Å²) >= 11 is 0. The Labute approximate surface area is 132 Å². The summed E-state index contributed by atoms with van der Waals surface area (Å²) in [6, 6.07) is 18.6.